The zero-order chi connectivity index (χ0) is 17.7. The smallest absolute Gasteiger partial charge is 0.255 e. The molecule has 1 saturated heterocycles. The highest BCUT2D eigenvalue weighted by Gasteiger charge is 2.24. The topological polar surface area (TPSA) is 103 Å². The van der Waals surface area contributed by atoms with Crippen LogP contribution in [-0.2, 0) is 4.79 Å². The quantitative estimate of drug-likeness (QED) is 0.679. The van der Waals surface area contributed by atoms with Crippen molar-refractivity contribution >= 4 is 35.8 Å². The highest BCUT2D eigenvalue weighted by molar-refractivity contribution is 6.32. The average Bonchev–Trinajstić information content (AvgIpc) is 2.54. The summed E-state index contributed by atoms with van der Waals surface area (Å²) in [5.74, 6) is -0.0551. The first-order chi connectivity index (χ1) is 11.4. The van der Waals surface area contributed by atoms with Gasteiger partial charge in [-0.1, -0.05) is 18.5 Å². The number of halogens is 2. The van der Waals surface area contributed by atoms with Crippen molar-refractivity contribution in [2.24, 2.45) is 11.7 Å². The maximum Gasteiger partial charge on any atom is 0.255 e. The number of nitrogens with one attached hydrogen (secondary N) is 2. The molecule has 0 aliphatic carbocycles. The standard InChI is InChI=1S/C16H22ClN3O4.ClH/c1-9-7-19-4-3-12(9)20-16(22)10-5-11(17)15(13(6-10)23-2)24-8-14(18)21;/h5-6,9,12,19H,3-4,7-8H2,1-2H3,(H2,18,21)(H,20,22);1H. The predicted octanol–water partition coefficient (Wildman–Crippen LogP) is 1.36. The lowest BCUT2D eigenvalue weighted by atomic mass is 9.95. The minimum absolute atomic E-state index is 0. The Bertz CT molecular complexity index is 628. The fourth-order valence-corrected chi connectivity index (χ4v) is 2.88. The molecule has 2 rings (SSSR count). The third kappa shape index (κ3) is 5.66. The first-order valence-corrected chi connectivity index (χ1v) is 8.10. The monoisotopic (exact) mass is 391 g/mol. The Morgan fingerprint density at radius 2 is 2.16 bits per heavy atom. The van der Waals surface area contributed by atoms with E-state index in [4.69, 9.17) is 26.8 Å². The first-order valence-electron chi connectivity index (χ1n) is 7.72. The summed E-state index contributed by atoms with van der Waals surface area (Å²) < 4.78 is 10.5. The summed E-state index contributed by atoms with van der Waals surface area (Å²) in [5, 5.41) is 6.49. The number of carbonyl (C=O) groups excluding carboxylic acids is 2. The molecule has 0 bridgehead atoms. The molecule has 0 aromatic heterocycles. The van der Waals surface area contributed by atoms with Gasteiger partial charge in [-0.2, -0.15) is 0 Å². The second-order valence-corrected chi connectivity index (χ2v) is 6.20. The second-order valence-electron chi connectivity index (χ2n) is 5.79. The maximum absolute atomic E-state index is 12.5. The van der Waals surface area contributed by atoms with Crippen LogP contribution < -0.4 is 25.8 Å². The summed E-state index contributed by atoms with van der Waals surface area (Å²) in [6.45, 7) is 3.51. The van der Waals surface area contributed by atoms with Gasteiger partial charge in [0.05, 0.1) is 12.1 Å². The Morgan fingerprint density at radius 3 is 2.76 bits per heavy atom. The van der Waals surface area contributed by atoms with Crippen LogP contribution in [0.25, 0.3) is 0 Å². The van der Waals surface area contributed by atoms with Crippen molar-refractivity contribution in [2.75, 3.05) is 26.8 Å². The number of primary amides is 1. The fraction of sp³-hybridized carbons (Fsp3) is 0.500. The van der Waals surface area contributed by atoms with Crippen molar-refractivity contribution in [3.8, 4) is 11.5 Å². The Labute approximate surface area is 158 Å². The minimum Gasteiger partial charge on any atom is -0.493 e. The van der Waals surface area contributed by atoms with Crippen molar-refractivity contribution in [2.45, 2.75) is 19.4 Å². The van der Waals surface area contributed by atoms with E-state index < -0.39 is 5.91 Å². The van der Waals surface area contributed by atoms with E-state index in [2.05, 4.69) is 17.6 Å². The molecule has 0 saturated carbocycles. The van der Waals surface area contributed by atoms with Gasteiger partial charge in [0.1, 0.15) is 0 Å². The van der Waals surface area contributed by atoms with E-state index in [9.17, 15) is 9.59 Å². The zero-order valence-electron chi connectivity index (χ0n) is 14.1. The number of hydrogen-bond donors (Lipinski definition) is 3. The van der Waals surface area contributed by atoms with Crippen LogP contribution in [0.5, 0.6) is 11.5 Å². The summed E-state index contributed by atoms with van der Waals surface area (Å²) in [4.78, 5) is 23.4. The molecule has 1 aromatic carbocycles. The van der Waals surface area contributed by atoms with Gasteiger partial charge in [-0.15, -0.1) is 12.4 Å². The highest BCUT2D eigenvalue weighted by Crippen LogP contribution is 2.36. The maximum atomic E-state index is 12.5. The Balaban J connectivity index is 0.00000312. The summed E-state index contributed by atoms with van der Waals surface area (Å²) in [6, 6.07) is 3.12. The molecule has 7 nitrogen and oxygen atoms in total. The lowest BCUT2D eigenvalue weighted by molar-refractivity contribution is -0.119. The SMILES string of the molecule is COc1cc(C(=O)NC2CCNCC2C)cc(Cl)c1OCC(N)=O.Cl. The summed E-state index contributed by atoms with van der Waals surface area (Å²) in [5.41, 5.74) is 5.43. The molecule has 1 aliphatic heterocycles. The third-order valence-corrected chi connectivity index (χ3v) is 4.23. The van der Waals surface area contributed by atoms with Crippen LogP contribution >= 0.6 is 24.0 Å². The van der Waals surface area contributed by atoms with Gasteiger partial charge in [-0.05, 0) is 37.6 Å². The minimum atomic E-state index is -0.630. The lowest BCUT2D eigenvalue weighted by Gasteiger charge is -2.30. The Morgan fingerprint density at radius 1 is 1.44 bits per heavy atom. The number of methoxy groups -OCH3 is 1. The third-order valence-electron chi connectivity index (χ3n) is 3.95. The number of nitrogens with two attached hydrogens (primary N) is 1. The van der Waals surface area contributed by atoms with E-state index in [0.717, 1.165) is 19.5 Å². The predicted molar refractivity (Wildman–Crippen MR) is 97.8 cm³/mol. The van der Waals surface area contributed by atoms with E-state index in [1.165, 1.54) is 19.2 Å². The second kappa shape index (κ2) is 9.70. The van der Waals surface area contributed by atoms with Gasteiger partial charge < -0.3 is 25.8 Å². The number of hydrogen-bond acceptors (Lipinski definition) is 5. The summed E-state index contributed by atoms with van der Waals surface area (Å²) in [6.07, 6.45) is 0.873. The fourth-order valence-electron chi connectivity index (χ4n) is 2.61. The van der Waals surface area contributed by atoms with Gasteiger partial charge in [0, 0.05) is 11.6 Å². The van der Waals surface area contributed by atoms with Gasteiger partial charge in [-0.25, -0.2) is 0 Å². The molecule has 0 spiro atoms. The van der Waals surface area contributed by atoms with Crippen molar-refractivity contribution in [1.29, 1.82) is 0 Å². The average molecular weight is 392 g/mol. The van der Waals surface area contributed by atoms with Gasteiger partial charge >= 0.3 is 0 Å². The zero-order valence-corrected chi connectivity index (χ0v) is 15.7. The molecule has 1 aliphatic rings. The Hall–Kier alpha value is -1.70. The van der Waals surface area contributed by atoms with E-state index in [-0.39, 0.29) is 47.5 Å². The molecular weight excluding hydrogens is 369 g/mol. The molecular formula is C16H23Cl2N3O4. The van der Waals surface area contributed by atoms with E-state index in [0.29, 0.717) is 11.5 Å². The molecule has 140 valence electrons. The Kier molecular flexibility index (Phi) is 8.28. The normalized spacial score (nSPS) is 19.5. The molecule has 1 fully saturated rings. The molecule has 1 heterocycles. The molecule has 2 atom stereocenters. The lowest BCUT2D eigenvalue weighted by Crippen LogP contribution is -2.48. The van der Waals surface area contributed by atoms with Gasteiger partial charge in [0.2, 0.25) is 0 Å². The van der Waals surface area contributed by atoms with Crippen LogP contribution in [0, 0.1) is 5.92 Å². The van der Waals surface area contributed by atoms with E-state index >= 15 is 0 Å². The highest BCUT2D eigenvalue weighted by atomic mass is 35.5. The number of ether oxygens (including phenoxy) is 2. The van der Waals surface area contributed by atoms with Crippen molar-refractivity contribution in [3.05, 3.63) is 22.7 Å². The van der Waals surface area contributed by atoms with Crippen LogP contribution in [0.15, 0.2) is 12.1 Å². The van der Waals surface area contributed by atoms with Crippen molar-refractivity contribution < 1.29 is 19.1 Å². The van der Waals surface area contributed by atoms with Crippen LogP contribution in [0.2, 0.25) is 5.02 Å². The molecule has 25 heavy (non-hydrogen) atoms. The number of piperidine rings is 1. The number of carbonyl (C=O) groups is 2. The van der Waals surface area contributed by atoms with Crippen LogP contribution in [0.4, 0.5) is 0 Å². The number of benzene rings is 1. The van der Waals surface area contributed by atoms with Crippen LogP contribution in [-0.4, -0.2) is 44.7 Å². The summed E-state index contributed by atoms with van der Waals surface area (Å²) >= 11 is 6.17. The van der Waals surface area contributed by atoms with Crippen LogP contribution in [0.1, 0.15) is 23.7 Å². The van der Waals surface area contributed by atoms with Crippen LogP contribution in [0.3, 0.4) is 0 Å². The number of amides is 2. The molecule has 2 amide bonds. The van der Waals surface area contributed by atoms with Gasteiger partial charge in [0.25, 0.3) is 11.8 Å². The van der Waals surface area contributed by atoms with Gasteiger partial charge in [-0.3, -0.25) is 9.59 Å². The van der Waals surface area contributed by atoms with Crippen molar-refractivity contribution in [1.82, 2.24) is 10.6 Å². The van der Waals surface area contributed by atoms with Crippen molar-refractivity contribution in [3.63, 3.8) is 0 Å². The molecule has 0 radical (unpaired) electrons. The summed E-state index contributed by atoms with van der Waals surface area (Å²) in [7, 11) is 1.43. The van der Waals surface area contributed by atoms with Gasteiger partial charge in [0.15, 0.2) is 18.1 Å². The molecule has 1 aromatic rings. The number of rotatable bonds is 6. The van der Waals surface area contributed by atoms with E-state index in [1.54, 1.807) is 0 Å². The molecule has 9 heteroatoms. The molecule has 2 unspecified atom stereocenters. The first kappa shape index (κ1) is 21.3. The van der Waals surface area contributed by atoms with E-state index in [1.807, 2.05) is 0 Å². The molecule has 4 N–H and O–H groups in total. The largest absolute Gasteiger partial charge is 0.493 e.